The number of hydrogen-bond acceptors (Lipinski definition) is 9. The Morgan fingerprint density at radius 2 is 1.66 bits per heavy atom. The van der Waals surface area contributed by atoms with Crippen LogP contribution in [0.5, 0.6) is 0 Å². The fourth-order valence-electron chi connectivity index (χ4n) is 10.5. The minimum absolute atomic E-state index is 0.00644. The van der Waals surface area contributed by atoms with E-state index in [0.717, 1.165) is 75.2 Å². The first-order chi connectivity index (χ1) is 28.8. The quantitative estimate of drug-likeness (QED) is 0.0511. The molecule has 5 aliphatic rings. The van der Waals surface area contributed by atoms with Gasteiger partial charge in [-0.05, 0) is 114 Å². The standard InChI is InChI=1S/C50H83IO9Si/c1-14-30(2)24-46-49(54-11)40(45(58-46)29-44-33(5)31(3)25-38(56-44)17-19-41-32(4)26-37(55-41)16-15-23-52)28-36(53)27-39-18-20-42-47(57-39)34(6)35(7)48(59-42)43(21-22-51)60-61(12,13)50(8,9)10/h21-23,30-31,34-35,37-49H,4-5,14-20,24-29H2,1-3,6-13H3/b22-21+/t30-,31-,34-,35+,37+,38+,39?,40+,41?,42?,43+,44?,45+,46-,47?,48-,49-/m1/s1. The molecule has 0 amide bonds. The maximum atomic E-state index is 14.2. The van der Waals surface area contributed by atoms with Crippen molar-refractivity contribution in [2.75, 3.05) is 7.11 Å². The number of methoxy groups -OCH3 is 1. The van der Waals surface area contributed by atoms with Gasteiger partial charge in [0.05, 0.1) is 73.2 Å². The first kappa shape index (κ1) is 51.2. The van der Waals surface area contributed by atoms with E-state index in [0.29, 0.717) is 37.5 Å². The average molecular weight is 983 g/mol. The van der Waals surface area contributed by atoms with Crippen LogP contribution in [0, 0.1) is 29.6 Å². The first-order valence-electron chi connectivity index (χ1n) is 23.9. The van der Waals surface area contributed by atoms with Crippen molar-refractivity contribution in [3.8, 4) is 0 Å². The summed E-state index contributed by atoms with van der Waals surface area (Å²) in [6, 6.07) is 0. The zero-order valence-corrected chi connectivity index (χ0v) is 42.9. The molecule has 348 valence electrons. The lowest BCUT2D eigenvalue weighted by molar-refractivity contribution is -0.237. The van der Waals surface area contributed by atoms with Crippen LogP contribution in [0.1, 0.15) is 139 Å². The molecular formula is C50H83IO9Si. The topological polar surface area (TPSA) is 98.8 Å². The molecule has 0 spiro atoms. The minimum atomic E-state index is -2.04. The number of rotatable bonds is 20. The Hall–Kier alpha value is -0.773. The third kappa shape index (κ3) is 13.0. The summed E-state index contributed by atoms with van der Waals surface area (Å²) in [5.74, 6) is 1.38. The van der Waals surface area contributed by atoms with E-state index in [4.69, 9.17) is 32.8 Å². The van der Waals surface area contributed by atoms with Gasteiger partial charge in [0.2, 0.25) is 0 Å². The zero-order chi connectivity index (χ0) is 44.8. The van der Waals surface area contributed by atoms with Gasteiger partial charge in [-0.1, -0.05) is 97.6 Å². The summed E-state index contributed by atoms with van der Waals surface area (Å²) in [6.45, 7) is 31.6. The van der Waals surface area contributed by atoms with E-state index in [2.05, 4.69) is 114 Å². The molecule has 11 heteroatoms. The summed E-state index contributed by atoms with van der Waals surface area (Å²) in [7, 11) is -0.269. The molecule has 0 aromatic heterocycles. The number of hydrogen-bond donors (Lipinski definition) is 0. The fraction of sp³-hybridized carbons (Fsp3) is 0.840. The van der Waals surface area contributed by atoms with Crippen molar-refractivity contribution in [3.63, 3.8) is 0 Å². The van der Waals surface area contributed by atoms with Crippen molar-refractivity contribution in [1.82, 2.24) is 0 Å². The Bertz CT molecular complexity index is 1490. The van der Waals surface area contributed by atoms with E-state index in [1.54, 1.807) is 7.11 Å². The highest BCUT2D eigenvalue weighted by Gasteiger charge is 2.51. The van der Waals surface area contributed by atoms with Crippen LogP contribution in [-0.2, 0) is 42.4 Å². The molecule has 9 nitrogen and oxygen atoms in total. The van der Waals surface area contributed by atoms with Gasteiger partial charge in [-0.3, -0.25) is 4.79 Å². The highest BCUT2D eigenvalue weighted by molar-refractivity contribution is 14.1. The SMILES string of the molecule is C=C1C[C@H](CCC=O)OC1CC[C@H]1C[C@@H](C)C(=C)C(C[C@@H]2O[C@H](C[C@H](C)CC)[C@H](OC)[C@H]2CC(=O)CC2CCC3O[C@@H]([C@H](/C=C/I)O[Si](C)(C)C(C)(C)C)[C@@H](C)[C@@H](C)C3O2)O1. The lowest BCUT2D eigenvalue weighted by Crippen LogP contribution is -2.58. The highest BCUT2D eigenvalue weighted by Crippen LogP contribution is 2.45. The van der Waals surface area contributed by atoms with Crippen molar-refractivity contribution in [1.29, 1.82) is 0 Å². The average Bonchev–Trinajstić information content (AvgIpc) is 3.72. The molecule has 0 N–H and O–H groups in total. The molecule has 0 saturated carbocycles. The van der Waals surface area contributed by atoms with E-state index >= 15 is 0 Å². The second-order valence-corrected chi connectivity index (χ2v) is 26.7. The number of carbonyl (C=O) groups excluding carboxylic acids is 2. The molecule has 0 aromatic rings. The van der Waals surface area contributed by atoms with Crippen LogP contribution in [-0.4, -0.2) is 101 Å². The largest absolute Gasteiger partial charge is 0.408 e. The lowest BCUT2D eigenvalue weighted by Gasteiger charge is -2.51. The third-order valence-electron chi connectivity index (χ3n) is 15.8. The Kier molecular flexibility index (Phi) is 19.0. The van der Waals surface area contributed by atoms with Gasteiger partial charge < -0.3 is 37.6 Å². The molecule has 0 aliphatic carbocycles. The molecule has 5 rings (SSSR count). The van der Waals surface area contributed by atoms with Gasteiger partial charge in [0.25, 0.3) is 0 Å². The fourth-order valence-corrected chi connectivity index (χ4v) is 12.1. The Morgan fingerprint density at radius 3 is 2.31 bits per heavy atom. The predicted octanol–water partition coefficient (Wildman–Crippen LogP) is 11.3. The summed E-state index contributed by atoms with van der Waals surface area (Å²) in [6.07, 6.45) is 12.1. The van der Waals surface area contributed by atoms with Crippen LogP contribution in [0.25, 0.3) is 0 Å². The Balaban J connectivity index is 1.22. The number of fused-ring (bicyclic) bond motifs is 1. The van der Waals surface area contributed by atoms with Crippen molar-refractivity contribution in [2.45, 2.75) is 230 Å². The Labute approximate surface area is 384 Å². The monoisotopic (exact) mass is 982 g/mol. The van der Waals surface area contributed by atoms with Crippen LogP contribution in [0.4, 0.5) is 0 Å². The van der Waals surface area contributed by atoms with E-state index in [-0.39, 0.29) is 102 Å². The molecule has 5 fully saturated rings. The molecule has 0 bridgehead atoms. The van der Waals surface area contributed by atoms with Gasteiger partial charge >= 0.3 is 0 Å². The lowest BCUT2D eigenvalue weighted by atomic mass is 9.77. The Morgan fingerprint density at radius 1 is 0.934 bits per heavy atom. The van der Waals surface area contributed by atoms with Crippen molar-refractivity contribution >= 4 is 43.0 Å². The summed E-state index contributed by atoms with van der Waals surface area (Å²) in [4.78, 5) is 25.2. The van der Waals surface area contributed by atoms with Crippen molar-refractivity contribution in [2.24, 2.45) is 29.6 Å². The summed E-state index contributed by atoms with van der Waals surface area (Å²) in [5.41, 5.74) is 2.22. The summed E-state index contributed by atoms with van der Waals surface area (Å²) in [5, 5.41) is 0.0961. The molecule has 5 unspecified atom stereocenters. The molecular weight excluding hydrogens is 900 g/mol. The van der Waals surface area contributed by atoms with E-state index in [1.807, 2.05) is 0 Å². The van der Waals surface area contributed by atoms with Crippen molar-refractivity contribution < 1.29 is 42.4 Å². The first-order valence-corrected chi connectivity index (χ1v) is 28.0. The predicted molar refractivity (Wildman–Crippen MR) is 255 cm³/mol. The second-order valence-electron chi connectivity index (χ2n) is 21.2. The number of aldehydes is 1. The van der Waals surface area contributed by atoms with E-state index in [9.17, 15) is 9.59 Å². The second kappa shape index (κ2) is 22.6. The number of halogens is 1. The van der Waals surface area contributed by atoms with Gasteiger partial charge in [0.1, 0.15) is 12.1 Å². The van der Waals surface area contributed by atoms with E-state index in [1.165, 1.54) is 0 Å². The molecule has 5 aliphatic heterocycles. The third-order valence-corrected chi connectivity index (χ3v) is 20.7. The molecule has 5 saturated heterocycles. The van der Waals surface area contributed by atoms with Gasteiger partial charge in [0.15, 0.2) is 8.32 Å². The van der Waals surface area contributed by atoms with Crippen LogP contribution >= 0.6 is 22.6 Å². The maximum Gasteiger partial charge on any atom is 0.193 e. The number of ketones is 1. The van der Waals surface area contributed by atoms with Crippen LogP contribution in [0.15, 0.2) is 34.5 Å². The van der Waals surface area contributed by atoms with Crippen LogP contribution in [0.2, 0.25) is 18.1 Å². The van der Waals surface area contributed by atoms with Crippen LogP contribution < -0.4 is 0 Å². The maximum absolute atomic E-state index is 14.2. The van der Waals surface area contributed by atoms with E-state index < -0.39 is 8.32 Å². The number of ether oxygens (including phenoxy) is 6. The summed E-state index contributed by atoms with van der Waals surface area (Å²) >= 11 is 2.30. The normalized spacial score (nSPS) is 38.5. The van der Waals surface area contributed by atoms with Gasteiger partial charge in [-0.2, -0.15) is 0 Å². The van der Waals surface area contributed by atoms with Crippen LogP contribution in [0.3, 0.4) is 0 Å². The highest BCUT2D eigenvalue weighted by atomic mass is 127. The minimum Gasteiger partial charge on any atom is -0.408 e. The molecule has 61 heavy (non-hydrogen) atoms. The molecule has 17 atom stereocenters. The molecule has 5 heterocycles. The summed E-state index contributed by atoms with van der Waals surface area (Å²) < 4.78 is 49.2. The van der Waals surface area contributed by atoms with Crippen molar-refractivity contribution in [3.05, 3.63) is 34.5 Å². The smallest absolute Gasteiger partial charge is 0.193 e. The molecule has 0 radical (unpaired) electrons. The number of Topliss-reactive ketones (excluding diaryl/α,β-unsaturated/α-hetero) is 1. The zero-order valence-electron chi connectivity index (χ0n) is 39.7. The molecule has 0 aromatic carbocycles. The van der Waals surface area contributed by atoms with Gasteiger partial charge in [0, 0.05) is 38.7 Å². The van der Waals surface area contributed by atoms with Gasteiger partial charge in [-0.15, -0.1) is 0 Å². The number of carbonyl (C=O) groups is 2. The van der Waals surface area contributed by atoms with Gasteiger partial charge in [-0.25, -0.2) is 0 Å².